The van der Waals surface area contributed by atoms with Gasteiger partial charge in [0, 0.05) is 26.2 Å². The number of rotatable bonds is 3. The van der Waals surface area contributed by atoms with Gasteiger partial charge in [0.15, 0.2) is 0 Å². The molecule has 0 aliphatic carbocycles. The van der Waals surface area contributed by atoms with E-state index in [-0.39, 0.29) is 0 Å². The Morgan fingerprint density at radius 3 is 2.62 bits per heavy atom. The number of anilines is 1. The summed E-state index contributed by atoms with van der Waals surface area (Å²) in [5, 5.41) is 0. The smallest absolute Gasteiger partial charge is 0.129 e. The highest BCUT2D eigenvalue weighted by Crippen LogP contribution is 2.16. The van der Waals surface area contributed by atoms with Crippen LogP contribution in [0.25, 0.3) is 0 Å². The molecule has 1 fully saturated rings. The molecule has 1 saturated heterocycles. The monoisotopic (exact) mass is 283 g/mol. The highest BCUT2D eigenvalue weighted by atomic mass is 79.9. The zero-order valence-corrected chi connectivity index (χ0v) is 11.3. The highest BCUT2D eigenvalue weighted by Gasteiger charge is 2.16. The van der Waals surface area contributed by atoms with Crippen LogP contribution in [0.5, 0.6) is 0 Å². The van der Waals surface area contributed by atoms with Crippen molar-refractivity contribution in [2.75, 3.05) is 37.6 Å². The minimum absolute atomic E-state index is 0.918. The lowest BCUT2D eigenvalue weighted by Crippen LogP contribution is -2.46. The molecule has 88 valence electrons. The van der Waals surface area contributed by atoms with Crippen LogP contribution in [0.1, 0.15) is 13.3 Å². The third-order valence-corrected chi connectivity index (χ3v) is 3.38. The molecule has 0 saturated carbocycles. The van der Waals surface area contributed by atoms with Gasteiger partial charge in [-0.25, -0.2) is 4.98 Å². The molecule has 0 spiro atoms. The molecule has 2 heterocycles. The Kier molecular flexibility index (Phi) is 4.18. The lowest BCUT2D eigenvalue weighted by molar-refractivity contribution is 0.258. The summed E-state index contributed by atoms with van der Waals surface area (Å²) in [6.45, 7) is 7.94. The molecular formula is C12H18BrN3. The van der Waals surface area contributed by atoms with Crippen molar-refractivity contribution in [3.05, 3.63) is 22.8 Å². The van der Waals surface area contributed by atoms with Crippen LogP contribution in [0.2, 0.25) is 0 Å². The van der Waals surface area contributed by atoms with Gasteiger partial charge in [-0.3, -0.25) is 4.90 Å². The maximum absolute atomic E-state index is 4.49. The molecule has 0 atom stereocenters. The zero-order chi connectivity index (χ0) is 11.4. The van der Waals surface area contributed by atoms with Gasteiger partial charge in [-0.15, -0.1) is 0 Å². The van der Waals surface area contributed by atoms with E-state index in [9.17, 15) is 0 Å². The average Bonchev–Trinajstić information content (AvgIpc) is 2.30. The number of pyridine rings is 1. The van der Waals surface area contributed by atoms with Gasteiger partial charge in [0.1, 0.15) is 10.4 Å². The van der Waals surface area contributed by atoms with Gasteiger partial charge >= 0.3 is 0 Å². The first-order valence-electron chi connectivity index (χ1n) is 5.89. The van der Waals surface area contributed by atoms with Crippen molar-refractivity contribution in [3.8, 4) is 0 Å². The van der Waals surface area contributed by atoms with Gasteiger partial charge in [0.2, 0.25) is 0 Å². The van der Waals surface area contributed by atoms with Crippen LogP contribution in [0.15, 0.2) is 22.8 Å². The van der Waals surface area contributed by atoms with Crippen LogP contribution in [-0.4, -0.2) is 42.6 Å². The Balaban J connectivity index is 1.94. The Morgan fingerprint density at radius 2 is 2.00 bits per heavy atom. The zero-order valence-electron chi connectivity index (χ0n) is 9.69. The van der Waals surface area contributed by atoms with Crippen molar-refractivity contribution in [3.63, 3.8) is 0 Å². The maximum atomic E-state index is 4.49. The van der Waals surface area contributed by atoms with E-state index in [0.29, 0.717) is 0 Å². The van der Waals surface area contributed by atoms with Crippen molar-refractivity contribution in [1.82, 2.24) is 9.88 Å². The first kappa shape index (κ1) is 11.9. The second kappa shape index (κ2) is 5.64. The van der Waals surface area contributed by atoms with Gasteiger partial charge in [-0.2, -0.15) is 0 Å². The second-order valence-corrected chi connectivity index (χ2v) is 4.96. The number of aromatic nitrogens is 1. The lowest BCUT2D eigenvalue weighted by Gasteiger charge is -2.35. The molecule has 1 aliphatic heterocycles. The molecule has 3 nitrogen and oxygen atoms in total. The van der Waals surface area contributed by atoms with Gasteiger partial charge in [0.05, 0.1) is 0 Å². The normalized spacial score (nSPS) is 17.8. The van der Waals surface area contributed by atoms with Crippen LogP contribution in [-0.2, 0) is 0 Å². The Labute approximate surface area is 106 Å². The van der Waals surface area contributed by atoms with Crippen LogP contribution in [0.3, 0.4) is 0 Å². The molecule has 4 heteroatoms. The van der Waals surface area contributed by atoms with Gasteiger partial charge in [0.25, 0.3) is 0 Å². The maximum Gasteiger partial charge on any atom is 0.129 e. The molecule has 0 radical (unpaired) electrons. The van der Waals surface area contributed by atoms with E-state index in [1.807, 2.05) is 12.1 Å². The van der Waals surface area contributed by atoms with Crippen LogP contribution < -0.4 is 4.90 Å². The summed E-state index contributed by atoms with van der Waals surface area (Å²) in [5.41, 5.74) is 0. The van der Waals surface area contributed by atoms with Gasteiger partial charge < -0.3 is 4.90 Å². The molecule has 0 amide bonds. The summed E-state index contributed by atoms with van der Waals surface area (Å²) in [5.74, 6) is 1.09. The number of halogens is 1. The van der Waals surface area contributed by atoms with E-state index in [0.717, 1.165) is 36.6 Å². The largest absolute Gasteiger partial charge is 0.354 e. The average molecular weight is 284 g/mol. The van der Waals surface area contributed by atoms with Crippen molar-refractivity contribution >= 4 is 21.7 Å². The third-order valence-electron chi connectivity index (χ3n) is 2.94. The van der Waals surface area contributed by atoms with E-state index in [1.165, 1.54) is 13.0 Å². The molecule has 0 aromatic carbocycles. The summed E-state index contributed by atoms with van der Waals surface area (Å²) in [6, 6.07) is 6.10. The standard InChI is InChI=1S/C12H18BrN3/c1-2-6-15-7-9-16(10-8-15)12-5-3-4-11(13)14-12/h3-5H,2,6-10H2,1H3. The molecular weight excluding hydrogens is 266 g/mol. The molecule has 0 bridgehead atoms. The van der Waals surface area contributed by atoms with E-state index in [1.54, 1.807) is 0 Å². The summed E-state index contributed by atoms with van der Waals surface area (Å²) in [4.78, 5) is 9.37. The molecule has 1 aliphatic rings. The predicted octanol–water partition coefficient (Wildman–Crippen LogP) is 2.38. The Morgan fingerprint density at radius 1 is 1.25 bits per heavy atom. The Bertz CT molecular complexity index is 335. The van der Waals surface area contributed by atoms with Gasteiger partial charge in [-0.05, 0) is 41.0 Å². The fraction of sp³-hybridized carbons (Fsp3) is 0.583. The summed E-state index contributed by atoms with van der Waals surface area (Å²) < 4.78 is 0.918. The number of hydrogen-bond donors (Lipinski definition) is 0. The molecule has 0 N–H and O–H groups in total. The summed E-state index contributed by atoms with van der Waals surface area (Å²) in [7, 11) is 0. The molecule has 16 heavy (non-hydrogen) atoms. The van der Waals surface area contributed by atoms with E-state index in [2.05, 4.69) is 43.7 Å². The minimum atomic E-state index is 0.918. The van der Waals surface area contributed by atoms with E-state index in [4.69, 9.17) is 0 Å². The minimum Gasteiger partial charge on any atom is -0.354 e. The second-order valence-electron chi connectivity index (χ2n) is 4.15. The fourth-order valence-corrected chi connectivity index (χ4v) is 2.42. The quantitative estimate of drug-likeness (QED) is 0.794. The summed E-state index contributed by atoms with van der Waals surface area (Å²) in [6.07, 6.45) is 1.25. The Hall–Kier alpha value is -0.610. The molecule has 1 aromatic rings. The SMILES string of the molecule is CCCN1CCN(c2cccc(Br)n2)CC1. The van der Waals surface area contributed by atoms with Gasteiger partial charge in [-0.1, -0.05) is 13.0 Å². The number of hydrogen-bond acceptors (Lipinski definition) is 3. The van der Waals surface area contributed by atoms with Crippen molar-refractivity contribution < 1.29 is 0 Å². The van der Waals surface area contributed by atoms with E-state index >= 15 is 0 Å². The fourth-order valence-electron chi connectivity index (χ4n) is 2.09. The van der Waals surface area contributed by atoms with Crippen molar-refractivity contribution in [2.24, 2.45) is 0 Å². The van der Waals surface area contributed by atoms with Crippen LogP contribution in [0, 0.1) is 0 Å². The van der Waals surface area contributed by atoms with Crippen molar-refractivity contribution in [1.29, 1.82) is 0 Å². The third kappa shape index (κ3) is 2.95. The molecule has 2 rings (SSSR count). The number of piperazine rings is 1. The number of nitrogens with zero attached hydrogens (tertiary/aromatic N) is 3. The van der Waals surface area contributed by atoms with Crippen LogP contribution in [0.4, 0.5) is 5.82 Å². The first-order valence-corrected chi connectivity index (χ1v) is 6.69. The molecule has 1 aromatic heterocycles. The van der Waals surface area contributed by atoms with E-state index < -0.39 is 0 Å². The molecule has 0 unspecified atom stereocenters. The first-order chi connectivity index (χ1) is 7.79. The highest BCUT2D eigenvalue weighted by molar-refractivity contribution is 9.10. The predicted molar refractivity (Wildman–Crippen MR) is 70.9 cm³/mol. The van der Waals surface area contributed by atoms with Crippen LogP contribution >= 0.6 is 15.9 Å². The van der Waals surface area contributed by atoms with Crippen molar-refractivity contribution in [2.45, 2.75) is 13.3 Å². The summed E-state index contributed by atoms with van der Waals surface area (Å²) >= 11 is 3.42. The topological polar surface area (TPSA) is 19.4 Å². The lowest BCUT2D eigenvalue weighted by atomic mass is 10.3.